The molecule has 0 saturated carbocycles. The fourth-order valence-electron chi connectivity index (χ4n) is 3.12. The Hall–Kier alpha value is -1.94. The fraction of sp³-hybridized carbons (Fsp3) is 0.389. The summed E-state index contributed by atoms with van der Waals surface area (Å²) < 4.78 is 13.6. The molecule has 0 spiro atoms. The van der Waals surface area contributed by atoms with Crippen LogP contribution in [0.2, 0.25) is 0 Å². The van der Waals surface area contributed by atoms with Gasteiger partial charge in [0.1, 0.15) is 5.82 Å². The number of likely N-dealkylation sites (tertiary alicyclic amines) is 1. The monoisotopic (exact) mass is 300 g/mol. The van der Waals surface area contributed by atoms with Crippen LogP contribution in [0.25, 0.3) is 0 Å². The highest BCUT2D eigenvalue weighted by atomic mass is 19.1. The molecule has 0 bridgehead atoms. The number of aryl methyl sites for hydroxylation is 1. The smallest absolute Gasteiger partial charge is 0.247 e. The van der Waals surface area contributed by atoms with Gasteiger partial charge in [-0.25, -0.2) is 4.39 Å². The van der Waals surface area contributed by atoms with E-state index in [1.807, 2.05) is 18.2 Å². The Labute approximate surface area is 129 Å². The van der Waals surface area contributed by atoms with Gasteiger partial charge in [0.25, 0.3) is 0 Å². The first kappa shape index (κ1) is 15.0. The fourth-order valence-corrected chi connectivity index (χ4v) is 3.12. The molecule has 1 fully saturated rings. The van der Waals surface area contributed by atoms with Crippen LogP contribution in [0.4, 0.5) is 4.39 Å². The molecule has 4 heteroatoms. The third kappa shape index (κ3) is 3.63. The van der Waals surface area contributed by atoms with Gasteiger partial charge in [-0.3, -0.25) is 9.69 Å². The van der Waals surface area contributed by atoms with Crippen molar-refractivity contribution < 1.29 is 4.39 Å². The Morgan fingerprint density at radius 3 is 2.82 bits per heavy atom. The summed E-state index contributed by atoms with van der Waals surface area (Å²) in [6, 6.07) is 9.00. The Balaban J connectivity index is 1.56. The zero-order valence-electron chi connectivity index (χ0n) is 12.8. The van der Waals surface area contributed by atoms with E-state index in [1.54, 1.807) is 25.3 Å². The standard InChI is InChI=1S/C18H21FN2O/c1-13-2-3-14(9-17(13)19)8-15-6-7-21(11-15)12-16-4-5-18(22)20-10-16/h2-5,9-10,15H,6-8,11-12H2,1H3,(H,20,22). The molecule has 0 amide bonds. The second-order valence-corrected chi connectivity index (χ2v) is 6.24. The minimum atomic E-state index is -0.111. The minimum absolute atomic E-state index is 0.0653. The van der Waals surface area contributed by atoms with Gasteiger partial charge in [-0.1, -0.05) is 18.2 Å². The summed E-state index contributed by atoms with van der Waals surface area (Å²) in [6.07, 6.45) is 3.85. The van der Waals surface area contributed by atoms with Crippen LogP contribution in [0, 0.1) is 18.7 Å². The maximum absolute atomic E-state index is 13.6. The summed E-state index contributed by atoms with van der Waals surface area (Å²) in [5, 5.41) is 0. The third-order valence-electron chi connectivity index (χ3n) is 4.39. The van der Waals surface area contributed by atoms with Gasteiger partial charge in [0, 0.05) is 25.4 Å². The molecule has 1 atom stereocenters. The van der Waals surface area contributed by atoms with E-state index in [9.17, 15) is 9.18 Å². The molecule has 1 aliphatic rings. The molecule has 1 aromatic carbocycles. The normalized spacial score (nSPS) is 18.7. The number of hydrogen-bond acceptors (Lipinski definition) is 2. The lowest BCUT2D eigenvalue weighted by atomic mass is 9.98. The van der Waals surface area contributed by atoms with Crippen molar-refractivity contribution >= 4 is 0 Å². The lowest BCUT2D eigenvalue weighted by Crippen LogP contribution is -2.21. The highest BCUT2D eigenvalue weighted by molar-refractivity contribution is 5.23. The van der Waals surface area contributed by atoms with Crippen molar-refractivity contribution in [1.82, 2.24) is 9.88 Å². The second kappa shape index (κ2) is 6.44. The van der Waals surface area contributed by atoms with Gasteiger partial charge in [-0.05, 0) is 55.0 Å². The van der Waals surface area contributed by atoms with E-state index in [0.29, 0.717) is 11.5 Å². The van der Waals surface area contributed by atoms with Gasteiger partial charge in [0.2, 0.25) is 5.56 Å². The molecule has 22 heavy (non-hydrogen) atoms. The molecular weight excluding hydrogens is 279 g/mol. The molecule has 3 nitrogen and oxygen atoms in total. The SMILES string of the molecule is Cc1ccc(CC2CCN(Cc3ccc(=O)[nH]c3)C2)cc1F. The van der Waals surface area contributed by atoms with Gasteiger partial charge in [-0.2, -0.15) is 0 Å². The number of aromatic nitrogens is 1. The maximum Gasteiger partial charge on any atom is 0.247 e. The molecule has 2 aromatic rings. The number of rotatable bonds is 4. The van der Waals surface area contributed by atoms with E-state index in [-0.39, 0.29) is 11.4 Å². The summed E-state index contributed by atoms with van der Waals surface area (Å²) >= 11 is 0. The first-order valence-corrected chi connectivity index (χ1v) is 7.75. The number of nitrogens with zero attached hydrogens (tertiary/aromatic N) is 1. The van der Waals surface area contributed by atoms with Crippen molar-refractivity contribution in [2.75, 3.05) is 13.1 Å². The molecule has 1 unspecified atom stereocenters. The number of pyridine rings is 1. The van der Waals surface area contributed by atoms with Crippen LogP contribution < -0.4 is 5.56 Å². The summed E-state index contributed by atoms with van der Waals surface area (Å²) in [5.74, 6) is 0.463. The van der Waals surface area contributed by atoms with Crippen LogP contribution in [0.15, 0.2) is 41.3 Å². The van der Waals surface area contributed by atoms with Gasteiger partial charge in [0.05, 0.1) is 0 Å². The highest BCUT2D eigenvalue weighted by Gasteiger charge is 2.22. The van der Waals surface area contributed by atoms with Crippen LogP contribution >= 0.6 is 0 Å². The van der Waals surface area contributed by atoms with E-state index >= 15 is 0 Å². The summed E-state index contributed by atoms with van der Waals surface area (Å²) in [4.78, 5) is 16.2. The lowest BCUT2D eigenvalue weighted by molar-refractivity contribution is 0.316. The molecule has 2 heterocycles. The van der Waals surface area contributed by atoms with Gasteiger partial charge >= 0.3 is 0 Å². The Kier molecular flexibility index (Phi) is 4.39. The lowest BCUT2D eigenvalue weighted by Gasteiger charge is -2.16. The minimum Gasteiger partial charge on any atom is -0.329 e. The Morgan fingerprint density at radius 1 is 1.27 bits per heavy atom. The Bertz CT molecular complexity index is 690. The van der Waals surface area contributed by atoms with Crippen LogP contribution in [-0.4, -0.2) is 23.0 Å². The van der Waals surface area contributed by atoms with E-state index < -0.39 is 0 Å². The number of nitrogens with one attached hydrogen (secondary N) is 1. The quantitative estimate of drug-likeness (QED) is 0.942. The van der Waals surface area contributed by atoms with Crippen LogP contribution in [0.3, 0.4) is 0 Å². The number of H-pyrrole nitrogens is 1. The topological polar surface area (TPSA) is 36.1 Å². The van der Waals surface area contributed by atoms with Crippen molar-refractivity contribution in [1.29, 1.82) is 0 Å². The zero-order valence-corrected chi connectivity index (χ0v) is 12.8. The maximum atomic E-state index is 13.6. The van der Waals surface area contributed by atoms with Gasteiger partial charge in [-0.15, -0.1) is 0 Å². The summed E-state index contributed by atoms with van der Waals surface area (Å²) in [7, 11) is 0. The van der Waals surface area contributed by atoms with Crippen molar-refractivity contribution in [2.45, 2.75) is 26.3 Å². The average molecular weight is 300 g/mol. The molecule has 1 N–H and O–H groups in total. The molecule has 0 aliphatic carbocycles. The third-order valence-corrected chi connectivity index (χ3v) is 4.39. The molecule has 116 valence electrons. The van der Waals surface area contributed by atoms with Crippen molar-refractivity contribution in [3.8, 4) is 0 Å². The van der Waals surface area contributed by atoms with E-state index in [1.165, 1.54) is 0 Å². The average Bonchev–Trinajstić information content (AvgIpc) is 2.93. The zero-order chi connectivity index (χ0) is 15.5. The summed E-state index contributed by atoms with van der Waals surface area (Å²) in [5.41, 5.74) is 2.85. The summed E-state index contributed by atoms with van der Waals surface area (Å²) in [6.45, 7) is 4.73. The molecule has 3 rings (SSSR count). The van der Waals surface area contributed by atoms with Crippen molar-refractivity contribution in [3.63, 3.8) is 0 Å². The van der Waals surface area contributed by atoms with Crippen molar-refractivity contribution in [2.24, 2.45) is 5.92 Å². The molecule has 1 aliphatic heterocycles. The highest BCUT2D eigenvalue weighted by Crippen LogP contribution is 2.23. The Morgan fingerprint density at radius 2 is 2.09 bits per heavy atom. The molecule has 1 aromatic heterocycles. The number of halogens is 1. The predicted octanol–water partition coefficient (Wildman–Crippen LogP) is 2.89. The first-order valence-electron chi connectivity index (χ1n) is 7.75. The number of hydrogen-bond donors (Lipinski definition) is 1. The first-order chi connectivity index (χ1) is 10.6. The number of benzene rings is 1. The van der Waals surface area contributed by atoms with Crippen molar-refractivity contribution in [3.05, 3.63) is 69.4 Å². The number of aromatic amines is 1. The van der Waals surface area contributed by atoms with Gasteiger partial charge in [0.15, 0.2) is 0 Å². The van der Waals surface area contributed by atoms with Crippen LogP contribution in [0.1, 0.15) is 23.1 Å². The van der Waals surface area contributed by atoms with Crippen LogP contribution in [-0.2, 0) is 13.0 Å². The van der Waals surface area contributed by atoms with E-state index in [0.717, 1.165) is 43.6 Å². The molecular formula is C18H21FN2O. The van der Waals surface area contributed by atoms with Crippen LogP contribution in [0.5, 0.6) is 0 Å². The largest absolute Gasteiger partial charge is 0.329 e. The predicted molar refractivity (Wildman–Crippen MR) is 85.3 cm³/mol. The van der Waals surface area contributed by atoms with Gasteiger partial charge < -0.3 is 4.98 Å². The molecule has 1 saturated heterocycles. The van der Waals surface area contributed by atoms with E-state index in [4.69, 9.17) is 0 Å². The second-order valence-electron chi connectivity index (χ2n) is 6.24. The van der Waals surface area contributed by atoms with E-state index in [2.05, 4.69) is 9.88 Å². The molecule has 0 radical (unpaired) electrons.